The third kappa shape index (κ3) is 2.62. The molecule has 0 radical (unpaired) electrons. The minimum absolute atomic E-state index is 0.153. The molecule has 0 spiro atoms. The Morgan fingerprint density at radius 3 is 2.60 bits per heavy atom. The Kier molecular flexibility index (Phi) is 3.99. The van der Waals surface area contributed by atoms with Gasteiger partial charge in [-0.05, 0) is 43.7 Å². The number of carboxylic acids is 1. The third-order valence-corrected chi connectivity index (χ3v) is 7.93. The first-order chi connectivity index (χ1) is 11.9. The standard InChI is InChI=1S/C17H23N3O4S/c21-16(22)17-7-3-4-13(17)11-19(12-17)15-6-5-14(10-18-15)25(23,24)20-8-1-2-9-20/h5-6,10,13H,1-4,7-9,11-12H2,(H,21,22)/t13-,17+/m0/s1. The van der Waals surface area contributed by atoms with Gasteiger partial charge in [0, 0.05) is 32.4 Å². The van der Waals surface area contributed by atoms with Crippen LogP contribution in [-0.2, 0) is 14.8 Å². The summed E-state index contributed by atoms with van der Waals surface area (Å²) in [5.41, 5.74) is -0.665. The Bertz CT molecular complexity index is 774. The minimum Gasteiger partial charge on any atom is -0.481 e. The molecule has 0 unspecified atom stereocenters. The maximum absolute atomic E-state index is 12.6. The predicted molar refractivity (Wildman–Crippen MR) is 91.9 cm³/mol. The highest BCUT2D eigenvalue weighted by Gasteiger charge is 2.55. The van der Waals surface area contributed by atoms with Crippen LogP contribution in [0.2, 0.25) is 0 Å². The molecule has 1 aromatic heterocycles. The van der Waals surface area contributed by atoms with Crippen molar-refractivity contribution >= 4 is 21.8 Å². The predicted octanol–water partition coefficient (Wildman–Crippen LogP) is 1.56. The van der Waals surface area contributed by atoms with E-state index in [1.807, 2.05) is 4.90 Å². The van der Waals surface area contributed by atoms with Gasteiger partial charge >= 0.3 is 5.97 Å². The third-order valence-electron chi connectivity index (χ3n) is 6.04. The second kappa shape index (κ2) is 5.95. The lowest BCUT2D eigenvalue weighted by Crippen LogP contribution is -2.35. The highest BCUT2D eigenvalue weighted by atomic mass is 32.2. The Labute approximate surface area is 147 Å². The fraction of sp³-hybridized carbons (Fsp3) is 0.647. The first kappa shape index (κ1) is 16.8. The molecule has 1 aliphatic carbocycles. The van der Waals surface area contributed by atoms with E-state index in [2.05, 4.69) is 4.98 Å². The van der Waals surface area contributed by atoms with Crippen molar-refractivity contribution in [2.45, 2.75) is 37.0 Å². The average Bonchev–Trinajstić information content (AvgIpc) is 3.30. The molecule has 1 saturated carbocycles. The van der Waals surface area contributed by atoms with Crippen LogP contribution >= 0.6 is 0 Å². The molecule has 2 atom stereocenters. The quantitative estimate of drug-likeness (QED) is 0.871. The molecule has 136 valence electrons. The lowest BCUT2D eigenvalue weighted by Gasteiger charge is -2.23. The summed E-state index contributed by atoms with van der Waals surface area (Å²) in [6, 6.07) is 3.30. The molecule has 25 heavy (non-hydrogen) atoms. The van der Waals surface area contributed by atoms with E-state index in [9.17, 15) is 18.3 Å². The molecule has 3 fully saturated rings. The van der Waals surface area contributed by atoms with Gasteiger partial charge in [-0.3, -0.25) is 4.79 Å². The van der Waals surface area contributed by atoms with Crippen LogP contribution in [0.25, 0.3) is 0 Å². The number of sulfonamides is 1. The zero-order chi connectivity index (χ0) is 17.7. The smallest absolute Gasteiger partial charge is 0.311 e. The molecule has 4 rings (SSSR count). The highest BCUT2D eigenvalue weighted by Crippen LogP contribution is 2.49. The topological polar surface area (TPSA) is 90.8 Å². The SMILES string of the molecule is O=C(O)[C@@]12CCC[C@H]1CN(c1ccc(S(=O)(=O)N3CCCC3)cn1)C2. The summed E-state index contributed by atoms with van der Waals surface area (Å²) in [7, 11) is -3.46. The van der Waals surface area contributed by atoms with E-state index in [4.69, 9.17) is 0 Å². The maximum Gasteiger partial charge on any atom is 0.311 e. The monoisotopic (exact) mass is 365 g/mol. The average molecular weight is 365 g/mol. The van der Waals surface area contributed by atoms with Gasteiger partial charge in [0.05, 0.1) is 5.41 Å². The number of carbonyl (C=O) groups is 1. The molecule has 3 heterocycles. The summed E-state index contributed by atoms with van der Waals surface area (Å²) in [4.78, 5) is 18.3. The van der Waals surface area contributed by atoms with Gasteiger partial charge in [0.1, 0.15) is 10.7 Å². The number of aromatic nitrogens is 1. The molecule has 7 nitrogen and oxygen atoms in total. The van der Waals surface area contributed by atoms with Crippen molar-refractivity contribution in [2.75, 3.05) is 31.1 Å². The van der Waals surface area contributed by atoms with Crippen molar-refractivity contribution in [3.8, 4) is 0 Å². The van der Waals surface area contributed by atoms with Crippen molar-refractivity contribution in [1.29, 1.82) is 0 Å². The Morgan fingerprint density at radius 2 is 2.00 bits per heavy atom. The molecule has 1 N–H and O–H groups in total. The fourth-order valence-electron chi connectivity index (χ4n) is 4.60. The lowest BCUT2D eigenvalue weighted by atomic mass is 9.81. The zero-order valence-electron chi connectivity index (χ0n) is 14.1. The van der Waals surface area contributed by atoms with Gasteiger partial charge in [-0.15, -0.1) is 0 Å². The number of fused-ring (bicyclic) bond motifs is 1. The van der Waals surface area contributed by atoms with Gasteiger partial charge in [-0.2, -0.15) is 4.31 Å². The van der Waals surface area contributed by atoms with Crippen molar-refractivity contribution < 1.29 is 18.3 Å². The normalized spacial score (nSPS) is 29.9. The highest BCUT2D eigenvalue weighted by molar-refractivity contribution is 7.89. The molecule has 0 aromatic carbocycles. The van der Waals surface area contributed by atoms with Crippen LogP contribution in [0.5, 0.6) is 0 Å². The zero-order valence-corrected chi connectivity index (χ0v) is 14.9. The number of rotatable bonds is 4. The summed E-state index contributed by atoms with van der Waals surface area (Å²) < 4.78 is 26.6. The van der Waals surface area contributed by atoms with E-state index in [0.717, 1.165) is 25.7 Å². The fourth-order valence-corrected chi connectivity index (χ4v) is 6.07. The van der Waals surface area contributed by atoms with Gasteiger partial charge < -0.3 is 10.0 Å². The van der Waals surface area contributed by atoms with Crippen molar-refractivity contribution in [3.63, 3.8) is 0 Å². The van der Waals surface area contributed by atoms with Crippen LogP contribution in [0.1, 0.15) is 32.1 Å². The minimum atomic E-state index is -3.46. The summed E-state index contributed by atoms with van der Waals surface area (Å²) >= 11 is 0. The Balaban J connectivity index is 1.54. The molecule has 2 aliphatic heterocycles. The molecule has 2 saturated heterocycles. The second-order valence-corrected chi connectivity index (χ2v) is 9.33. The van der Waals surface area contributed by atoms with E-state index < -0.39 is 21.4 Å². The first-order valence-corrected chi connectivity index (χ1v) is 10.3. The first-order valence-electron chi connectivity index (χ1n) is 8.88. The van der Waals surface area contributed by atoms with E-state index in [1.165, 1.54) is 10.5 Å². The molecule has 1 aromatic rings. The number of aliphatic carboxylic acids is 1. The van der Waals surface area contributed by atoms with E-state index >= 15 is 0 Å². The molecule has 0 amide bonds. The van der Waals surface area contributed by atoms with Crippen LogP contribution in [0.15, 0.2) is 23.2 Å². The molecular formula is C17H23N3O4S. The van der Waals surface area contributed by atoms with Gasteiger partial charge in [-0.1, -0.05) is 6.42 Å². The number of pyridine rings is 1. The molecule has 0 bridgehead atoms. The summed E-state index contributed by atoms with van der Waals surface area (Å²) in [5.74, 6) is 0.0981. The van der Waals surface area contributed by atoms with Crippen LogP contribution in [0, 0.1) is 11.3 Å². The van der Waals surface area contributed by atoms with E-state index in [0.29, 0.717) is 38.4 Å². The summed E-state index contributed by atoms with van der Waals surface area (Å²) in [5, 5.41) is 9.68. The number of anilines is 1. The number of carboxylic acid groups (broad SMARTS) is 1. The van der Waals surface area contributed by atoms with Crippen molar-refractivity contribution in [1.82, 2.24) is 9.29 Å². The summed E-state index contributed by atoms with van der Waals surface area (Å²) in [6.07, 6.45) is 5.82. The van der Waals surface area contributed by atoms with Crippen LogP contribution in [-0.4, -0.2) is 55.0 Å². The lowest BCUT2D eigenvalue weighted by molar-refractivity contribution is -0.149. The Morgan fingerprint density at radius 1 is 1.24 bits per heavy atom. The number of nitrogens with zero attached hydrogens (tertiary/aromatic N) is 3. The molecule has 8 heteroatoms. The van der Waals surface area contributed by atoms with Crippen LogP contribution in [0.4, 0.5) is 5.82 Å². The largest absolute Gasteiger partial charge is 0.481 e. The van der Waals surface area contributed by atoms with Gasteiger partial charge in [0.2, 0.25) is 10.0 Å². The number of hydrogen-bond donors (Lipinski definition) is 1. The van der Waals surface area contributed by atoms with Crippen LogP contribution in [0.3, 0.4) is 0 Å². The van der Waals surface area contributed by atoms with E-state index in [-0.39, 0.29) is 10.8 Å². The van der Waals surface area contributed by atoms with Crippen molar-refractivity contribution in [3.05, 3.63) is 18.3 Å². The molecule has 3 aliphatic rings. The van der Waals surface area contributed by atoms with Gasteiger partial charge in [0.15, 0.2) is 0 Å². The maximum atomic E-state index is 12.6. The van der Waals surface area contributed by atoms with Gasteiger partial charge in [-0.25, -0.2) is 13.4 Å². The molecular weight excluding hydrogens is 342 g/mol. The number of hydrogen-bond acceptors (Lipinski definition) is 5. The Hall–Kier alpha value is -1.67. The van der Waals surface area contributed by atoms with Crippen molar-refractivity contribution in [2.24, 2.45) is 11.3 Å². The second-order valence-electron chi connectivity index (χ2n) is 7.39. The van der Waals surface area contributed by atoms with Crippen LogP contribution < -0.4 is 4.90 Å². The van der Waals surface area contributed by atoms with E-state index in [1.54, 1.807) is 12.1 Å². The summed E-state index contributed by atoms with van der Waals surface area (Å²) in [6.45, 7) is 2.27. The van der Waals surface area contributed by atoms with Gasteiger partial charge in [0.25, 0.3) is 0 Å².